The predicted molar refractivity (Wildman–Crippen MR) is 118 cm³/mol. The minimum absolute atomic E-state index is 0.228. The lowest BCUT2D eigenvalue weighted by Crippen LogP contribution is -2.18. The highest BCUT2D eigenvalue weighted by Crippen LogP contribution is 2.38. The Hall–Kier alpha value is -2.63. The number of ketones is 2. The van der Waals surface area contributed by atoms with Crippen LogP contribution in [-0.2, 0) is 4.84 Å². The van der Waals surface area contributed by atoms with Crippen LogP contribution in [0.5, 0.6) is 11.5 Å². The fourth-order valence-corrected chi connectivity index (χ4v) is 3.51. The summed E-state index contributed by atoms with van der Waals surface area (Å²) in [5, 5.41) is 4.41. The Morgan fingerprint density at radius 1 is 0.867 bits per heavy atom. The number of benzene rings is 1. The summed E-state index contributed by atoms with van der Waals surface area (Å²) in [6.07, 6.45) is 10.7. The van der Waals surface area contributed by atoms with E-state index in [1.54, 1.807) is 6.07 Å². The maximum absolute atomic E-state index is 12.6. The molecule has 0 spiro atoms. The SMILES string of the molecule is CCCCCC/C(=N\OCCCCC)c1cc(OC)c2c(c1OC)C(=O)C=CC2=O. The fourth-order valence-electron chi connectivity index (χ4n) is 3.51. The van der Waals surface area contributed by atoms with Gasteiger partial charge in [-0.2, -0.15) is 0 Å². The topological polar surface area (TPSA) is 74.2 Å². The molecule has 0 atom stereocenters. The third kappa shape index (κ3) is 5.71. The lowest BCUT2D eigenvalue weighted by Gasteiger charge is -2.20. The van der Waals surface area contributed by atoms with Crippen LogP contribution in [0.25, 0.3) is 0 Å². The van der Waals surface area contributed by atoms with Crippen LogP contribution >= 0.6 is 0 Å². The van der Waals surface area contributed by atoms with Gasteiger partial charge in [-0.3, -0.25) is 9.59 Å². The van der Waals surface area contributed by atoms with E-state index in [1.807, 2.05) is 0 Å². The lowest BCUT2D eigenvalue weighted by molar-refractivity contribution is 0.0989. The third-order valence-corrected chi connectivity index (χ3v) is 5.14. The zero-order valence-corrected chi connectivity index (χ0v) is 18.6. The van der Waals surface area contributed by atoms with E-state index >= 15 is 0 Å². The molecule has 0 radical (unpaired) electrons. The van der Waals surface area contributed by atoms with Crippen molar-refractivity contribution in [3.8, 4) is 11.5 Å². The minimum Gasteiger partial charge on any atom is -0.496 e. The van der Waals surface area contributed by atoms with Crippen molar-refractivity contribution in [2.24, 2.45) is 5.16 Å². The second-order valence-corrected chi connectivity index (χ2v) is 7.36. The number of methoxy groups -OCH3 is 2. The van der Waals surface area contributed by atoms with E-state index in [-0.39, 0.29) is 22.7 Å². The van der Waals surface area contributed by atoms with Crippen LogP contribution in [0, 0.1) is 0 Å². The summed E-state index contributed by atoms with van der Waals surface area (Å²) in [5.41, 5.74) is 1.80. The molecule has 6 nitrogen and oxygen atoms in total. The van der Waals surface area contributed by atoms with Gasteiger partial charge in [0.05, 0.1) is 31.1 Å². The molecule has 0 fully saturated rings. The predicted octanol–water partition coefficient (Wildman–Crippen LogP) is 5.52. The van der Waals surface area contributed by atoms with Gasteiger partial charge < -0.3 is 14.3 Å². The molecule has 164 valence electrons. The molecule has 0 aliphatic heterocycles. The second kappa shape index (κ2) is 12.2. The van der Waals surface area contributed by atoms with Crippen molar-refractivity contribution in [2.75, 3.05) is 20.8 Å². The summed E-state index contributed by atoms with van der Waals surface area (Å²) in [5.74, 6) is 0.134. The summed E-state index contributed by atoms with van der Waals surface area (Å²) in [6.45, 7) is 4.84. The highest BCUT2D eigenvalue weighted by atomic mass is 16.6. The van der Waals surface area contributed by atoms with Gasteiger partial charge in [-0.05, 0) is 37.5 Å². The number of carbonyl (C=O) groups excluding carboxylic acids is 2. The van der Waals surface area contributed by atoms with E-state index < -0.39 is 0 Å². The number of oxime groups is 1. The van der Waals surface area contributed by atoms with Crippen LogP contribution in [0.1, 0.15) is 91.5 Å². The summed E-state index contributed by atoms with van der Waals surface area (Å²) >= 11 is 0. The minimum atomic E-state index is -0.282. The number of rotatable bonds is 13. The van der Waals surface area contributed by atoms with E-state index in [9.17, 15) is 9.59 Å². The largest absolute Gasteiger partial charge is 0.496 e. The van der Waals surface area contributed by atoms with Gasteiger partial charge in [0.25, 0.3) is 0 Å². The van der Waals surface area contributed by atoms with E-state index in [2.05, 4.69) is 19.0 Å². The highest BCUT2D eigenvalue weighted by molar-refractivity contribution is 6.25. The Morgan fingerprint density at radius 3 is 2.17 bits per heavy atom. The first kappa shape index (κ1) is 23.6. The first-order chi connectivity index (χ1) is 14.6. The third-order valence-electron chi connectivity index (χ3n) is 5.14. The molecule has 0 amide bonds. The molecule has 0 bridgehead atoms. The molecule has 1 aromatic rings. The number of hydrogen-bond acceptors (Lipinski definition) is 6. The number of nitrogens with zero attached hydrogens (tertiary/aromatic N) is 1. The Labute approximate surface area is 179 Å². The fraction of sp³-hybridized carbons (Fsp3) is 0.542. The molecule has 1 aliphatic rings. The Morgan fingerprint density at radius 2 is 1.53 bits per heavy atom. The smallest absolute Gasteiger partial charge is 0.190 e. The molecular formula is C24H33NO5. The first-order valence-corrected chi connectivity index (χ1v) is 10.8. The number of fused-ring (bicyclic) bond motifs is 1. The molecule has 0 heterocycles. The summed E-state index contributed by atoms with van der Waals surface area (Å²) < 4.78 is 11.1. The molecule has 0 N–H and O–H groups in total. The number of carbonyl (C=O) groups is 2. The highest BCUT2D eigenvalue weighted by Gasteiger charge is 2.31. The summed E-state index contributed by atoms with van der Waals surface area (Å²) in [4.78, 5) is 30.7. The van der Waals surface area contributed by atoms with Gasteiger partial charge in [0.1, 0.15) is 18.1 Å². The second-order valence-electron chi connectivity index (χ2n) is 7.36. The van der Waals surface area contributed by atoms with Gasteiger partial charge in [-0.15, -0.1) is 0 Å². The molecule has 0 aromatic heterocycles. The van der Waals surface area contributed by atoms with Crippen LogP contribution in [0.3, 0.4) is 0 Å². The Kier molecular flexibility index (Phi) is 9.58. The Bertz CT molecular complexity index is 810. The standard InChI is InChI=1S/C24H33NO5/c1-5-7-9-10-12-18(25-30-15-11-8-6-2)17-16-21(28-3)22-19(26)13-14-20(27)23(22)24(17)29-4/h13-14,16H,5-12,15H2,1-4H3/b25-18+. The maximum Gasteiger partial charge on any atom is 0.190 e. The number of unbranched alkanes of at least 4 members (excludes halogenated alkanes) is 5. The van der Waals surface area contributed by atoms with Gasteiger partial charge in [0.2, 0.25) is 0 Å². The van der Waals surface area contributed by atoms with Crippen molar-refractivity contribution in [1.82, 2.24) is 0 Å². The van der Waals surface area contributed by atoms with Gasteiger partial charge in [-0.25, -0.2) is 0 Å². The van der Waals surface area contributed by atoms with E-state index in [0.29, 0.717) is 35.8 Å². The molecule has 0 saturated heterocycles. The average molecular weight is 416 g/mol. The summed E-state index contributed by atoms with van der Waals surface area (Å²) in [7, 11) is 2.99. The van der Waals surface area contributed by atoms with Crippen molar-refractivity contribution in [2.45, 2.75) is 65.2 Å². The molecule has 0 unspecified atom stereocenters. The average Bonchev–Trinajstić information content (AvgIpc) is 2.76. The van der Waals surface area contributed by atoms with Crippen molar-refractivity contribution in [3.05, 3.63) is 34.9 Å². The molecule has 0 saturated carbocycles. The van der Waals surface area contributed by atoms with E-state index in [4.69, 9.17) is 14.3 Å². The van der Waals surface area contributed by atoms with Crippen LogP contribution in [0.4, 0.5) is 0 Å². The molecule has 30 heavy (non-hydrogen) atoms. The quantitative estimate of drug-likeness (QED) is 0.241. The van der Waals surface area contributed by atoms with E-state index in [0.717, 1.165) is 44.9 Å². The zero-order valence-electron chi connectivity index (χ0n) is 18.6. The molecule has 6 heteroatoms. The van der Waals surface area contributed by atoms with Crippen LogP contribution < -0.4 is 9.47 Å². The van der Waals surface area contributed by atoms with Gasteiger partial charge in [-0.1, -0.05) is 51.1 Å². The normalized spacial score (nSPS) is 13.4. The monoisotopic (exact) mass is 415 g/mol. The van der Waals surface area contributed by atoms with Crippen molar-refractivity contribution >= 4 is 17.3 Å². The van der Waals surface area contributed by atoms with E-state index in [1.165, 1.54) is 26.4 Å². The van der Waals surface area contributed by atoms with Crippen molar-refractivity contribution in [1.29, 1.82) is 0 Å². The summed E-state index contributed by atoms with van der Waals surface area (Å²) in [6, 6.07) is 1.73. The number of allylic oxidation sites excluding steroid dienone is 2. The maximum atomic E-state index is 12.6. The van der Waals surface area contributed by atoms with Crippen molar-refractivity contribution in [3.63, 3.8) is 0 Å². The van der Waals surface area contributed by atoms with Gasteiger partial charge >= 0.3 is 0 Å². The van der Waals surface area contributed by atoms with Crippen LogP contribution in [0.15, 0.2) is 23.4 Å². The van der Waals surface area contributed by atoms with Crippen molar-refractivity contribution < 1.29 is 23.9 Å². The molecular weight excluding hydrogens is 382 g/mol. The molecule has 2 rings (SSSR count). The Balaban J connectivity index is 2.47. The zero-order chi connectivity index (χ0) is 21.9. The first-order valence-electron chi connectivity index (χ1n) is 10.8. The van der Waals surface area contributed by atoms with Crippen LogP contribution in [0.2, 0.25) is 0 Å². The number of hydrogen-bond donors (Lipinski definition) is 0. The molecule has 1 aromatic carbocycles. The molecule has 1 aliphatic carbocycles. The van der Waals surface area contributed by atoms with Gasteiger partial charge in [0, 0.05) is 5.56 Å². The lowest BCUT2D eigenvalue weighted by atomic mass is 9.88. The van der Waals surface area contributed by atoms with Gasteiger partial charge in [0.15, 0.2) is 11.6 Å². The van der Waals surface area contributed by atoms with Crippen LogP contribution in [-0.4, -0.2) is 38.1 Å². The number of ether oxygens (including phenoxy) is 2.